The lowest BCUT2D eigenvalue weighted by Gasteiger charge is -2.24. The Balaban J connectivity index is 1.69. The molecule has 0 fully saturated rings. The van der Waals surface area contributed by atoms with E-state index >= 15 is 0 Å². The second-order valence-electron chi connectivity index (χ2n) is 6.91. The molecule has 0 saturated carbocycles. The SMILES string of the molecule is Cc1ccc(C(=O)NC(C)(C#N)COc2ccccc2Oc2ccccc2)cc1. The van der Waals surface area contributed by atoms with Crippen molar-refractivity contribution in [3.8, 4) is 23.3 Å². The first-order valence-corrected chi connectivity index (χ1v) is 9.24. The van der Waals surface area contributed by atoms with Gasteiger partial charge in [0.25, 0.3) is 5.91 Å². The second-order valence-corrected chi connectivity index (χ2v) is 6.91. The summed E-state index contributed by atoms with van der Waals surface area (Å²) in [6.07, 6.45) is 0. The van der Waals surface area contributed by atoms with Gasteiger partial charge in [-0.1, -0.05) is 48.0 Å². The summed E-state index contributed by atoms with van der Waals surface area (Å²) in [7, 11) is 0. The Morgan fingerprint density at radius 1 is 0.966 bits per heavy atom. The molecule has 0 bridgehead atoms. The van der Waals surface area contributed by atoms with E-state index in [1.807, 2.05) is 61.5 Å². The zero-order valence-electron chi connectivity index (χ0n) is 16.4. The molecule has 0 aliphatic carbocycles. The van der Waals surface area contributed by atoms with Gasteiger partial charge in [-0.3, -0.25) is 4.79 Å². The van der Waals surface area contributed by atoms with Gasteiger partial charge in [-0.15, -0.1) is 0 Å². The number of aryl methyl sites for hydroxylation is 1. The van der Waals surface area contributed by atoms with Crippen molar-refractivity contribution in [2.75, 3.05) is 6.61 Å². The van der Waals surface area contributed by atoms with E-state index in [1.165, 1.54) is 0 Å². The number of carbonyl (C=O) groups is 1. The Hall–Kier alpha value is -3.78. The summed E-state index contributed by atoms with van der Waals surface area (Å²) in [5.41, 5.74) is 0.342. The minimum absolute atomic E-state index is 0.0315. The van der Waals surface area contributed by atoms with Gasteiger partial charge in [-0.25, -0.2) is 0 Å². The summed E-state index contributed by atoms with van der Waals surface area (Å²) in [4.78, 5) is 12.5. The van der Waals surface area contributed by atoms with Crippen LogP contribution >= 0.6 is 0 Å². The molecule has 0 saturated heterocycles. The van der Waals surface area contributed by atoms with Gasteiger partial charge in [-0.2, -0.15) is 5.26 Å². The van der Waals surface area contributed by atoms with Crippen LogP contribution < -0.4 is 14.8 Å². The van der Waals surface area contributed by atoms with Gasteiger partial charge in [-0.05, 0) is 50.2 Å². The summed E-state index contributed by atoms with van der Waals surface area (Å²) < 4.78 is 11.7. The van der Waals surface area contributed by atoms with Gasteiger partial charge >= 0.3 is 0 Å². The predicted octanol–water partition coefficient (Wildman–Crippen LogP) is 4.88. The van der Waals surface area contributed by atoms with Crippen LogP contribution in [-0.4, -0.2) is 18.1 Å². The highest BCUT2D eigenvalue weighted by Crippen LogP contribution is 2.31. The standard InChI is InChI=1S/C24H22N2O3/c1-18-12-14-19(15-13-18)23(27)26-24(2,16-25)17-28-21-10-6-7-11-22(21)29-20-8-4-3-5-9-20/h3-15H,17H2,1-2H3,(H,26,27). The monoisotopic (exact) mass is 386 g/mol. The van der Waals surface area contributed by atoms with E-state index in [2.05, 4.69) is 11.4 Å². The second kappa shape index (κ2) is 8.94. The largest absolute Gasteiger partial charge is 0.486 e. The van der Waals surface area contributed by atoms with Gasteiger partial charge in [0.15, 0.2) is 17.0 Å². The molecular weight excluding hydrogens is 364 g/mol. The molecule has 3 aromatic carbocycles. The molecular formula is C24H22N2O3. The number of ether oxygens (including phenoxy) is 2. The van der Waals surface area contributed by atoms with E-state index in [0.717, 1.165) is 5.56 Å². The predicted molar refractivity (Wildman–Crippen MR) is 111 cm³/mol. The van der Waals surface area contributed by atoms with Crippen LogP contribution in [0.4, 0.5) is 0 Å². The Bertz CT molecular complexity index is 1010. The molecule has 0 aliphatic rings. The van der Waals surface area contributed by atoms with Crippen molar-refractivity contribution in [3.63, 3.8) is 0 Å². The molecule has 29 heavy (non-hydrogen) atoms. The summed E-state index contributed by atoms with van der Waals surface area (Å²) in [5.74, 6) is 1.37. The Labute approximate surface area is 170 Å². The molecule has 3 rings (SSSR count). The number of hydrogen-bond acceptors (Lipinski definition) is 4. The van der Waals surface area contributed by atoms with Crippen LogP contribution in [0.1, 0.15) is 22.8 Å². The molecule has 5 nitrogen and oxygen atoms in total. The normalized spacial score (nSPS) is 12.3. The van der Waals surface area contributed by atoms with Crippen molar-refractivity contribution in [2.24, 2.45) is 0 Å². The van der Waals surface area contributed by atoms with Gasteiger partial charge in [0, 0.05) is 5.56 Å². The fraction of sp³-hybridized carbons (Fsp3) is 0.167. The van der Waals surface area contributed by atoms with Crippen molar-refractivity contribution < 1.29 is 14.3 Å². The number of nitrogens with zero attached hydrogens (tertiary/aromatic N) is 1. The first-order chi connectivity index (χ1) is 14.0. The summed E-state index contributed by atoms with van der Waals surface area (Å²) in [6, 6.07) is 25.9. The first-order valence-electron chi connectivity index (χ1n) is 9.24. The van der Waals surface area contributed by atoms with E-state index in [1.54, 1.807) is 31.2 Å². The van der Waals surface area contributed by atoms with E-state index in [4.69, 9.17) is 9.47 Å². The average Bonchev–Trinajstić information content (AvgIpc) is 2.74. The molecule has 146 valence electrons. The van der Waals surface area contributed by atoms with Crippen LogP contribution in [0.2, 0.25) is 0 Å². The lowest BCUT2D eigenvalue weighted by molar-refractivity contribution is 0.0900. The van der Waals surface area contributed by atoms with E-state index in [0.29, 0.717) is 22.8 Å². The van der Waals surface area contributed by atoms with Crippen LogP contribution in [0.3, 0.4) is 0 Å². The average molecular weight is 386 g/mol. The Morgan fingerprint density at radius 2 is 1.59 bits per heavy atom. The minimum Gasteiger partial charge on any atom is -0.486 e. The highest BCUT2D eigenvalue weighted by Gasteiger charge is 2.28. The molecule has 1 atom stereocenters. The van der Waals surface area contributed by atoms with Gasteiger partial charge in [0.2, 0.25) is 0 Å². The van der Waals surface area contributed by atoms with Crippen LogP contribution in [-0.2, 0) is 0 Å². The van der Waals surface area contributed by atoms with Crippen LogP contribution in [0, 0.1) is 18.3 Å². The van der Waals surface area contributed by atoms with E-state index in [9.17, 15) is 10.1 Å². The van der Waals surface area contributed by atoms with Crippen molar-refractivity contribution in [1.29, 1.82) is 5.26 Å². The molecule has 3 aromatic rings. The van der Waals surface area contributed by atoms with Crippen molar-refractivity contribution in [3.05, 3.63) is 90.0 Å². The molecule has 0 aromatic heterocycles. The summed E-state index contributed by atoms with van der Waals surface area (Å²) >= 11 is 0. The fourth-order valence-electron chi connectivity index (χ4n) is 2.62. The van der Waals surface area contributed by atoms with Crippen LogP contribution in [0.15, 0.2) is 78.9 Å². The molecule has 1 amide bonds. The first kappa shape index (κ1) is 20.0. The van der Waals surface area contributed by atoms with E-state index < -0.39 is 5.54 Å². The Kier molecular flexibility index (Phi) is 6.16. The number of nitriles is 1. The van der Waals surface area contributed by atoms with Crippen LogP contribution in [0.5, 0.6) is 17.2 Å². The number of rotatable bonds is 7. The highest BCUT2D eigenvalue weighted by atomic mass is 16.5. The maximum absolute atomic E-state index is 12.5. The van der Waals surface area contributed by atoms with Crippen molar-refractivity contribution >= 4 is 5.91 Å². The number of amides is 1. The van der Waals surface area contributed by atoms with E-state index in [-0.39, 0.29) is 12.5 Å². The third-order valence-electron chi connectivity index (χ3n) is 4.29. The number of carbonyl (C=O) groups excluding carboxylic acids is 1. The smallest absolute Gasteiger partial charge is 0.252 e. The van der Waals surface area contributed by atoms with Crippen molar-refractivity contribution in [2.45, 2.75) is 19.4 Å². The zero-order chi connectivity index (χ0) is 20.7. The zero-order valence-corrected chi connectivity index (χ0v) is 16.4. The summed E-state index contributed by atoms with van der Waals surface area (Å²) in [6.45, 7) is 3.54. The Morgan fingerprint density at radius 3 is 2.24 bits per heavy atom. The van der Waals surface area contributed by atoms with Gasteiger partial charge in [0.1, 0.15) is 12.4 Å². The molecule has 0 spiro atoms. The third kappa shape index (κ3) is 5.36. The number of benzene rings is 3. The number of nitrogens with one attached hydrogen (secondary N) is 1. The minimum atomic E-state index is -1.21. The maximum Gasteiger partial charge on any atom is 0.252 e. The molecule has 5 heteroatoms. The number of para-hydroxylation sites is 3. The molecule has 0 radical (unpaired) electrons. The van der Waals surface area contributed by atoms with Crippen molar-refractivity contribution in [1.82, 2.24) is 5.32 Å². The lowest BCUT2D eigenvalue weighted by Crippen LogP contribution is -2.49. The lowest BCUT2D eigenvalue weighted by atomic mass is 10.0. The van der Waals surface area contributed by atoms with Crippen LogP contribution in [0.25, 0.3) is 0 Å². The molecule has 1 unspecified atom stereocenters. The topological polar surface area (TPSA) is 71.4 Å². The summed E-state index contributed by atoms with van der Waals surface area (Å²) in [5, 5.41) is 12.4. The highest BCUT2D eigenvalue weighted by molar-refractivity contribution is 5.95. The van der Waals surface area contributed by atoms with Gasteiger partial charge in [0.05, 0.1) is 6.07 Å². The quantitative estimate of drug-likeness (QED) is 0.628. The fourth-order valence-corrected chi connectivity index (χ4v) is 2.62. The van der Waals surface area contributed by atoms with Gasteiger partial charge < -0.3 is 14.8 Å². The third-order valence-corrected chi connectivity index (χ3v) is 4.29. The maximum atomic E-state index is 12.5. The molecule has 1 N–H and O–H groups in total. The molecule has 0 aliphatic heterocycles. The number of hydrogen-bond donors (Lipinski definition) is 1. The molecule has 0 heterocycles.